The van der Waals surface area contributed by atoms with Gasteiger partial charge in [-0.25, -0.2) is 0 Å². The maximum Gasteiger partial charge on any atom is 0.220 e. The van der Waals surface area contributed by atoms with Crippen LogP contribution in [0.15, 0.2) is 0 Å². The van der Waals surface area contributed by atoms with Crippen molar-refractivity contribution in [3.63, 3.8) is 0 Å². The van der Waals surface area contributed by atoms with Gasteiger partial charge in [0, 0.05) is 32.1 Å². The van der Waals surface area contributed by atoms with Crippen LogP contribution in [0.4, 0.5) is 0 Å². The molecule has 92 valence electrons. The molecule has 0 aromatic rings. The van der Waals surface area contributed by atoms with Crippen LogP contribution < -0.4 is 5.32 Å². The number of nitrogens with one attached hydrogen (secondary N) is 1. The third-order valence-corrected chi connectivity index (χ3v) is 3.17. The summed E-state index contributed by atoms with van der Waals surface area (Å²) in [7, 11) is 0. The minimum atomic E-state index is -0.0825. The lowest BCUT2D eigenvalue weighted by Gasteiger charge is -2.37. The Morgan fingerprint density at radius 3 is 3.00 bits per heavy atom. The van der Waals surface area contributed by atoms with Crippen LogP contribution in [-0.2, 0) is 9.53 Å². The van der Waals surface area contributed by atoms with Gasteiger partial charge in [-0.1, -0.05) is 0 Å². The van der Waals surface area contributed by atoms with Gasteiger partial charge in [0.1, 0.15) is 0 Å². The van der Waals surface area contributed by atoms with E-state index in [0.29, 0.717) is 6.42 Å². The van der Waals surface area contributed by atoms with Crippen molar-refractivity contribution in [1.29, 1.82) is 0 Å². The van der Waals surface area contributed by atoms with Crippen molar-refractivity contribution in [1.82, 2.24) is 10.2 Å². The molecular formula is C11H20N2O3. The van der Waals surface area contributed by atoms with Gasteiger partial charge in [0.15, 0.2) is 0 Å². The Kier molecular flexibility index (Phi) is 3.78. The van der Waals surface area contributed by atoms with Crippen LogP contribution in [-0.4, -0.2) is 60.4 Å². The average molecular weight is 228 g/mol. The van der Waals surface area contributed by atoms with Crippen LogP contribution >= 0.6 is 0 Å². The smallest absolute Gasteiger partial charge is 0.220 e. The summed E-state index contributed by atoms with van der Waals surface area (Å²) < 4.78 is 5.57. The topological polar surface area (TPSA) is 61.8 Å². The second kappa shape index (κ2) is 5.12. The number of nitrogens with zero attached hydrogens (tertiary/aromatic N) is 1. The zero-order valence-electron chi connectivity index (χ0n) is 9.69. The lowest BCUT2D eigenvalue weighted by atomic mass is 10.1. The summed E-state index contributed by atoms with van der Waals surface area (Å²) >= 11 is 0. The third kappa shape index (κ3) is 2.93. The van der Waals surface area contributed by atoms with Gasteiger partial charge in [-0.05, 0) is 13.3 Å². The van der Waals surface area contributed by atoms with E-state index in [1.807, 2.05) is 6.92 Å². The van der Waals surface area contributed by atoms with Crippen molar-refractivity contribution in [2.24, 2.45) is 0 Å². The predicted molar refractivity (Wildman–Crippen MR) is 59.0 cm³/mol. The number of hydrogen-bond donors (Lipinski definition) is 2. The second-order valence-electron chi connectivity index (χ2n) is 4.77. The van der Waals surface area contributed by atoms with E-state index in [-0.39, 0.29) is 30.8 Å². The number of aliphatic hydroxyl groups excluding tert-OH is 1. The molecule has 2 saturated heterocycles. The number of rotatable bonds is 3. The monoisotopic (exact) mass is 228 g/mol. The molecule has 0 aromatic heterocycles. The molecule has 0 saturated carbocycles. The number of amides is 1. The van der Waals surface area contributed by atoms with Crippen molar-refractivity contribution >= 4 is 5.91 Å². The van der Waals surface area contributed by atoms with Crippen LogP contribution in [0.3, 0.4) is 0 Å². The van der Waals surface area contributed by atoms with Crippen LogP contribution in [0, 0.1) is 0 Å². The van der Waals surface area contributed by atoms with Gasteiger partial charge in [0.05, 0.1) is 18.8 Å². The number of carbonyl (C=O) groups is 1. The van der Waals surface area contributed by atoms with Crippen LogP contribution in [0.2, 0.25) is 0 Å². The fraction of sp³-hybridized carbons (Fsp3) is 0.909. The van der Waals surface area contributed by atoms with E-state index in [4.69, 9.17) is 9.84 Å². The molecule has 5 nitrogen and oxygen atoms in total. The van der Waals surface area contributed by atoms with Gasteiger partial charge in [0.2, 0.25) is 5.91 Å². The standard InChI is InChI=1S/C11H20N2O3/c1-8-4-13(6-10(7-14)16-8)5-9-2-3-11(15)12-9/h8-10,14H,2-7H2,1H3,(H,12,15). The van der Waals surface area contributed by atoms with Gasteiger partial charge >= 0.3 is 0 Å². The Morgan fingerprint density at radius 1 is 1.56 bits per heavy atom. The Morgan fingerprint density at radius 2 is 2.38 bits per heavy atom. The summed E-state index contributed by atoms with van der Waals surface area (Å²) in [6.45, 7) is 4.59. The van der Waals surface area contributed by atoms with E-state index in [9.17, 15) is 4.79 Å². The van der Waals surface area contributed by atoms with Crippen molar-refractivity contribution in [2.45, 2.75) is 38.0 Å². The highest BCUT2D eigenvalue weighted by molar-refractivity contribution is 5.78. The summed E-state index contributed by atoms with van der Waals surface area (Å²) in [6.07, 6.45) is 1.64. The van der Waals surface area contributed by atoms with E-state index in [0.717, 1.165) is 26.1 Å². The number of morpholine rings is 1. The molecule has 5 heteroatoms. The fourth-order valence-electron chi connectivity index (χ4n) is 2.52. The molecule has 0 bridgehead atoms. The Hall–Kier alpha value is -0.650. The Labute approximate surface area is 95.8 Å². The molecule has 16 heavy (non-hydrogen) atoms. The first-order chi connectivity index (χ1) is 7.67. The lowest BCUT2D eigenvalue weighted by molar-refractivity contribution is -0.119. The predicted octanol–water partition coefficient (Wildman–Crippen LogP) is -0.653. The van der Waals surface area contributed by atoms with Crippen molar-refractivity contribution in [3.05, 3.63) is 0 Å². The molecule has 2 heterocycles. The molecule has 0 aromatic carbocycles. The molecule has 2 aliphatic heterocycles. The van der Waals surface area contributed by atoms with Gasteiger partial charge in [-0.15, -0.1) is 0 Å². The van der Waals surface area contributed by atoms with Gasteiger partial charge < -0.3 is 15.2 Å². The van der Waals surface area contributed by atoms with Gasteiger partial charge in [0.25, 0.3) is 0 Å². The quantitative estimate of drug-likeness (QED) is 0.673. The van der Waals surface area contributed by atoms with Gasteiger partial charge in [-0.3, -0.25) is 9.69 Å². The molecular weight excluding hydrogens is 208 g/mol. The Balaban J connectivity index is 1.82. The summed E-state index contributed by atoms with van der Waals surface area (Å²) in [6, 6.07) is 0.275. The van der Waals surface area contributed by atoms with Crippen LogP contribution in [0.1, 0.15) is 19.8 Å². The molecule has 0 radical (unpaired) electrons. The molecule has 0 aliphatic carbocycles. The summed E-state index contributed by atoms with van der Waals surface area (Å²) in [5.74, 6) is 0.157. The van der Waals surface area contributed by atoms with E-state index < -0.39 is 0 Å². The highest BCUT2D eigenvalue weighted by atomic mass is 16.5. The molecule has 2 aliphatic rings. The third-order valence-electron chi connectivity index (χ3n) is 3.17. The molecule has 3 atom stereocenters. The number of carbonyl (C=O) groups excluding carboxylic acids is 1. The molecule has 2 N–H and O–H groups in total. The highest BCUT2D eigenvalue weighted by Gasteiger charge is 2.28. The van der Waals surface area contributed by atoms with E-state index in [2.05, 4.69) is 10.2 Å². The summed E-state index contributed by atoms with van der Waals surface area (Å²) in [5.41, 5.74) is 0. The Bertz CT molecular complexity index is 260. The fourth-order valence-corrected chi connectivity index (χ4v) is 2.52. The van der Waals surface area contributed by atoms with Gasteiger partial charge in [-0.2, -0.15) is 0 Å². The van der Waals surface area contributed by atoms with Crippen molar-refractivity contribution in [2.75, 3.05) is 26.2 Å². The van der Waals surface area contributed by atoms with E-state index >= 15 is 0 Å². The zero-order valence-corrected chi connectivity index (χ0v) is 9.69. The maximum absolute atomic E-state index is 11.1. The van der Waals surface area contributed by atoms with E-state index in [1.165, 1.54) is 0 Å². The van der Waals surface area contributed by atoms with Crippen molar-refractivity contribution in [3.8, 4) is 0 Å². The first-order valence-electron chi connectivity index (χ1n) is 5.95. The molecule has 3 unspecified atom stereocenters. The highest BCUT2D eigenvalue weighted by Crippen LogP contribution is 2.14. The minimum absolute atomic E-state index is 0.0673. The van der Waals surface area contributed by atoms with Crippen LogP contribution in [0.5, 0.6) is 0 Å². The summed E-state index contributed by atoms with van der Waals surface area (Å²) in [4.78, 5) is 13.4. The minimum Gasteiger partial charge on any atom is -0.394 e. The van der Waals surface area contributed by atoms with E-state index in [1.54, 1.807) is 0 Å². The number of hydrogen-bond acceptors (Lipinski definition) is 4. The molecule has 1 amide bonds. The first kappa shape index (κ1) is 11.8. The first-order valence-corrected chi connectivity index (χ1v) is 5.95. The second-order valence-corrected chi connectivity index (χ2v) is 4.77. The molecule has 2 fully saturated rings. The maximum atomic E-state index is 11.1. The van der Waals surface area contributed by atoms with Crippen molar-refractivity contribution < 1.29 is 14.6 Å². The van der Waals surface area contributed by atoms with Crippen LogP contribution in [0.25, 0.3) is 0 Å². The largest absolute Gasteiger partial charge is 0.394 e. The molecule has 2 rings (SSSR count). The number of ether oxygens (including phenoxy) is 1. The zero-order chi connectivity index (χ0) is 11.5. The lowest BCUT2D eigenvalue weighted by Crippen LogP contribution is -2.51. The summed E-state index contributed by atoms with van der Waals surface area (Å²) in [5, 5.41) is 12.1. The average Bonchev–Trinajstić information content (AvgIpc) is 2.63. The normalized spacial score (nSPS) is 36.4. The SMILES string of the molecule is CC1CN(CC2CCC(=O)N2)CC(CO)O1. The molecule has 0 spiro atoms. The number of aliphatic hydroxyl groups is 1.